The van der Waals surface area contributed by atoms with E-state index < -0.39 is 18.0 Å². The Kier molecular flexibility index (Phi) is 5.80. The zero-order chi connectivity index (χ0) is 16.8. The van der Waals surface area contributed by atoms with Crippen molar-refractivity contribution in [2.45, 2.75) is 12.5 Å². The average Bonchev–Trinajstić information content (AvgIpc) is 2.50. The van der Waals surface area contributed by atoms with Gasteiger partial charge in [0.2, 0.25) is 5.91 Å². The first-order valence-electron chi connectivity index (χ1n) is 6.85. The molecule has 0 spiro atoms. The third kappa shape index (κ3) is 5.13. The predicted molar refractivity (Wildman–Crippen MR) is 97.3 cm³/mol. The van der Waals surface area contributed by atoms with Gasteiger partial charge in [-0.05, 0) is 46.4 Å². The van der Waals surface area contributed by atoms with E-state index in [1.807, 2.05) is 36.4 Å². The Hall–Kier alpha value is -2.29. The lowest BCUT2D eigenvalue weighted by Gasteiger charge is -2.17. The molecule has 7 heteroatoms. The molecule has 6 nitrogen and oxygen atoms in total. The molecule has 0 radical (unpaired) electrons. The van der Waals surface area contributed by atoms with Crippen LogP contribution in [0, 0.1) is 3.57 Å². The Labute approximate surface area is 147 Å². The van der Waals surface area contributed by atoms with Crippen LogP contribution in [0.2, 0.25) is 0 Å². The quantitative estimate of drug-likeness (QED) is 0.437. The van der Waals surface area contributed by atoms with Gasteiger partial charge < -0.3 is 21.5 Å². The number of hydrogen-bond donors (Lipinski definition) is 4. The number of carbonyl (C=O) groups is 2. The topological polar surface area (TPSA) is 104 Å². The number of nitrogens with two attached hydrogens (primary N) is 1. The van der Waals surface area contributed by atoms with Crippen LogP contribution in [0.15, 0.2) is 48.5 Å². The fraction of sp³-hybridized carbons (Fsp3) is 0.125. The summed E-state index contributed by atoms with van der Waals surface area (Å²) < 4.78 is 0.947. The molecule has 0 heterocycles. The summed E-state index contributed by atoms with van der Waals surface area (Å²) in [7, 11) is 0. The molecule has 0 saturated carbocycles. The van der Waals surface area contributed by atoms with Crippen molar-refractivity contribution in [2.75, 3.05) is 11.1 Å². The number of nitrogen functional groups attached to an aromatic ring is 1. The van der Waals surface area contributed by atoms with Gasteiger partial charge in [0.1, 0.15) is 6.04 Å². The molecule has 0 saturated heterocycles. The van der Waals surface area contributed by atoms with Crippen LogP contribution in [0.25, 0.3) is 0 Å². The Morgan fingerprint density at radius 2 is 1.87 bits per heavy atom. The number of rotatable bonds is 5. The highest BCUT2D eigenvalue weighted by Gasteiger charge is 2.21. The second-order valence-corrected chi connectivity index (χ2v) is 6.16. The third-order valence-electron chi connectivity index (χ3n) is 3.17. The lowest BCUT2D eigenvalue weighted by atomic mass is 10.1. The summed E-state index contributed by atoms with van der Waals surface area (Å²) in [5.41, 5.74) is 7.61. The van der Waals surface area contributed by atoms with E-state index in [2.05, 4.69) is 33.2 Å². The molecule has 1 atom stereocenters. The predicted octanol–water partition coefficient (Wildman–Crippen LogP) is 2.69. The smallest absolute Gasteiger partial charge is 0.405 e. The van der Waals surface area contributed by atoms with E-state index in [9.17, 15) is 9.59 Å². The number of nitrogens with one attached hydrogen (secondary N) is 2. The molecule has 0 unspecified atom stereocenters. The van der Waals surface area contributed by atoms with E-state index in [4.69, 9.17) is 10.8 Å². The molecular weight excluding hydrogens is 409 g/mol. The van der Waals surface area contributed by atoms with E-state index in [-0.39, 0.29) is 6.42 Å². The molecular formula is C16H16IN3O3. The summed E-state index contributed by atoms with van der Waals surface area (Å²) in [4.78, 5) is 23.3. The van der Waals surface area contributed by atoms with Gasteiger partial charge in [-0.25, -0.2) is 4.79 Å². The highest BCUT2D eigenvalue weighted by Crippen LogP contribution is 2.21. The number of halogens is 1. The zero-order valence-corrected chi connectivity index (χ0v) is 14.3. The fourth-order valence-electron chi connectivity index (χ4n) is 2.08. The summed E-state index contributed by atoms with van der Waals surface area (Å²) >= 11 is 2.12. The van der Waals surface area contributed by atoms with Crippen LogP contribution in [0.3, 0.4) is 0 Å². The van der Waals surface area contributed by atoms with Gasteiger partial charge in [0.05, 0.1) is 11.4 Å². The SMILES string of the molecule is Nc1cc(I)ccc1NC(=O)[C@H](Cc1ccccc1)NC(=O)O. The monoisotopic (exact) mass is 425 g/mol. The van der Waals surface area contributed by atoms with Crippen molar-refractivity contribution in [1.82, 2.24) is 5.32 Å². The van der Waals surface area contributed by atoms with Crippen molar-refractivity contribution in [2.24, 2.45) is 0 Å². The fourth-order valence-corrected chi connectivity index (χ4v) is 2.59. The summed E-state index contributed by atoms with van der Waals surface area (Å²) in [5, 5.41) is 13.9. The summed E-state index contributed by atoms with van der Waals surface area (Å²) in [6.07, 6.45) is -1.000. The largest absolute Gasteiger partial charge is 0.465 e. The van der Waals surface area contributed by atoms with E-state index in [0.29, 0.717) is 11.4 Å². The van der Waals surface area contributed by atoms with Gasteiger partial charge in [-0.1, -0.05) is 30.3 Å². The molecule has 23 heavy (non-hydrogen) atoms. The minimum absolute atomic E-state index is 0.253. The van der Waals surface area contributed by atoms with Gasteiger partial charge in [0.25, 0.3) is 0 Å². The van der Waals surface area contributed by atoms with Gasteiger partial charge >= 0.3 is 6.09 Å². The van der Waals surface area contributed by atoms with Gasteiger partial charge in [-0.2, -0.15) is 0 Å². The zero-order valence-electron chi connectivity index (χ0n) is 12.1. The lowest BCUT2D eigenvalue weighted by molar-refractivity contribution is -0.118. The van der Waals surface area contributed by atoms with Crippen LogP contribution >= 0.6 is 22.6 Å². The second kappa shape index (κ2) is 7.82. The minimum Gasteiger partial charge on any atom is -0.465 e. The second-order valence-electron chi connectivity index (χ2n) is 4.91. The van der Waals surface area contributed by atoms with Crippen molar-refractivity contribution < 1.29 is 14.7 Å². The molecule has 120 valence electrons. The Balaban J connectivity index is 2.14. The van der Waals surface area contributed by atoms with E-state index >= 15 is 0 Å². The standard InChI is InChI=1S/C16H16IN3O3/c17-11-6-7-13(12(18)9-11)19-15(21)14(20-16(22)23)8-10-4-2-1-3-5-10/h1-7,9,14,20H,8,18H2,(H,19,21)(H,22,23)/t14-/m0/s1. The molecule has 0 bridgehead atoms. The highest BCUT2D eigenvalue weighted by atomic mass is 127. The third-order valence-corrected chi connectivity index (χ3v) is 3.84. The molecule has 2 rings (SSSR count). The normalized spacial score (nSPS) is 11.5. The van der Waals surface area contributed by atoms with Crippen molar-refractivity contribution in [3.63, 3.8) is 0 Å². The van der Waals surface area contributed by atoms with Crippen LogP contribution in [0.1, 0.15) is 5.56 Å². The molecule has 0 aliphatic heterocycles. The van der Waals surface area contributed by atoms with Crippen molar-refractivity contribution in [3.05, 3.63) is 57.7 Å². The molecule has 0 aliphatic rings. The highest BCUT2D eigenvalue weighted by molar-refractivity contribution is 14.1. The molecule has 2 aromatic carbocycles. The minimum atomic E-state index is -1.25. The average molecular weight is 425 g/mol. The van der Waals surface area contributed by atoms with Crippen LogP contribution in [0.4, 0.5) is 16.2 Å². The van der Waals surface area contributed by atoms with Crippen LogP contribution in [-0.2, 0) is 11.2 Å². The Bertz CT molecular complexity index is 707. The summed E-state index contributed by atoms with van der Waals surface area (Å²) in [6.45, 7) is 0. The number of hydrogen-bond acceptors (Lipinski definition) is 3. The molecule has 2 amide bonds. The summed E-state index contributed by atoms with van der Waals surface area (Å²) in [6, 6.07) is 13.5. The Morgan fingerprint density at radius 3 is 2.48 bits per heavy atom. The van der Waals surface area contributed by atoms with Crippen LogP contribution in [0.5, 0.6) is 0 Å². The first-order valence-corrected chi connectivity index (χ1v) is 7.93. The molecule has 2 aromatic rings. The number of benzene rings is 2. The van der Waals surface area contributed by atoms with Crippen molar-refractivity contribution in [1.29, 1.82) is 0 Å². The van der Waals surface area contributed by atoms with Crippen LogP contribution < -0.4 is 16.4 Å². The van der Waals surface area contributed by atoms with Gasteiger partial charge in [0.15, 0.2) is 0 Å². The first-order chi connectivity index (χ1) is 11.0. The maximum absolute atomic E-state index is 12.4. The lowest BCUT2D eigenvalue weighted by Crippen LogP contribution is -2.44. The maximum Gasteiger partial charge on any atom is 0.405 e. The molecule has 0 aliphatic carbocycles. The molecule has 0 fully saturated rings. The van der Waals surface area contributed by atoms with E-state index in [0.717, 1.165) is 9.13 Å². The first kappa shape index (κ1) is 17.1. The van der Waals surface area contributed by atoms with Gasteiger partial charge in [-0.15, -0.1) is 0 Å². The van der Waals surface area contributed by atoms with E-state index in [1.165, 1.54) is 0 Å². The number of anilines is 2. The van der Waals surface area contributed by atoms with Gasteiger partial charge in [-0.3, -0.25) is 4.79 Å². The van der Waals surface area contributed by atoms with Gasteiger partial charge in [0, 0.05) is 9.99 Å². The van der Waals surface area contributed by atoms with Crippen molar-refractivity contribution >= 4 is 46.0 Å². The number of carboxylic acid groups (broad SMARTS) is 1. The summed E-state index contributed by atoms with van der Waals surface area (Å²) in [5.74, 6) is -0.454. The number of carbonyl (C=O) groups excluding carboxylic acids is 1. The Morgan fingerprint density at radius 1 is 1.17 bits per heavy atom. The maximum atomic E-state index is 12.4. The molecule has 0 aromatic heterocycles. The van der Waals surface area contributed by atoms with Crippen LogP contribution in [-0.4, -0.2) is 23.1 Å². The molecule has 5 N–H and O–H groups in total. The number of amides is 2. The van der Waals surface area contributed by atoms with Crippen molar-refractivity contribution in [3.8, 4) is 0 Å². The van der Waals surface area contributed by atoms with E-state index in [1.54, 1.807) is 12.1 Å².